The fourth-order valence-electron chi connectivity index (χ4n) is 4.49. The van der Waals surface area contributed by atoms with Gasteiger partial charge in [-0.05, 0) is 49.1 Å². The third-order valence-electron chi connectivity index (χ3n) is 6.41. The highest BCUT2D eigenvalue weighted by molar-refractivity contribution is 5.94. The third kappa shape index (κ3) is 6.03. The average molecular weight is 440 g/mol. The van der Waals surface area contributed by atoms with E-state index in [1.807, 2.05) is 44.2 Å². The Morgan fingerprint density at radius 2 is 1.69 bits per heavy atom. The minimum atomic E-state index is -0.633. The van der Waals surface area contributed by atoms with Crippen LogP contribution in [0.2, 0.25) is 0 Å². The molecule has 1 aromatic carbocycles. The smallest absolute Gasteiger partial charge is 0.328 e. The lowest BCUT2D eigenvalue weighted by molar-refractivity contribution is -0.143. The Morgan fingerprint density at radius 3 is 2.28 bits per heavy atom. The number of nitrogens with zero attached hydrogens (tertiary/aromatic N) is 2. The Balaban J connectivity index is 1.52. The van der Waals surface area contributed by atoms with Crippen molar-refractivity contribution in [2.24, 2.45) is 11.3 Å². The standard InChI is InChI=1S/C25H33N3O4/c1-19(2)17-21(23(30)32-3)26-24(31)28-16-13-25(18-28)11-14-27(15-12-25)22(29)10-9-20-7-5-4-6-8-20/h4-8,19,21H,11-18H2,1-3H3,(H,26,31)/t21-/m0/s1. The van der Waals surface area contributed by atoms with E-state index in [-0.39, 0.29) is 23.3 Å². The van der Waals surface area contributed by atoms with Gasteiger partial charge in [-0.3, -0.25) is 4.79 Å². The molecule has 0 radical (unpaired) electrons. The molecular formula is C25H33N3O4. The second kappa shape index (κ2) is 10.5. The van der Waals surface area contributed by atoms with Crippen LogP contribution in [-0.2, 0) is 14.3 Å². The predicted octanol–water partition coefficient (Wildman–Crippen LogP) is 2.65. The first kappa shape index (κ1) is 23.6. The summed E-state index contributed by atoms with van der Waals surface area (Å²) < 4.78 is 4.85. The molecule has 1 aromatic rings. The fourth-order valence-corrected chi connectivity index (χ4v) is 4.49. The molecule has 7 heteroatoms. The van der Waals surface area contributed by atoms with E-state index in [1.165, 1.54) is 7.11 Å². The normalized spacial score (nSPS) is 18.1. The van der Waals surface area contributed by atoms with Crippen molar-refractivity contribution in [3.63, 3.8) is 0 Å². The molecule has 2 heterocycles. The van der Waals surface area contributed by atoms with Gasteiger partial charge in [-0.15, -0.1) is 0 Å². The van der Waals surface area contributed by atoms with E-state index in [0.717, 1.165) is 24.8 Å². The number of hydrogen-bond acceptors (Lipinski definition) is 4. The lowest BCUT2D eigenvalue weighted by Gasteiger charge is -2.38. The van der Waals surface area contributed by atoms with E-state index < -0.39 is 12.0 Å². The topological polar surface area (TPSA) is 79.0 Å². The van der Waals surface area contributed by atoms with Crippen LogP contribution in [0.4, 0.5) is 4.79 Å². The van der Waals surface area contributed by atoms with Crippen molar-refractivity contribution in [3.8, 4) is 11.8 Å². The zero-order valence-electron chi connectivity index (χ0n) is 19.2. The summed E-state index contributed by atoms with van der Waals surface area (Å²) >= 11 is 0. The second-order valence-corrected chi connectivity index (χ2v) is 9.23. The fraction of sp³-hybridized carbons (Fsp3) is 0.560. The van der Waals surface area contributed by atoms with Crippen LogP contribution in [-0.4, -0.2) is 67.0 Å². The first-order chi connectivity index (χ1) is 15.3. The summed E-state index contributed by atoms with van der Waals surface area (Å²) in [6.45, 7) is 6.61. The highest BCUT2D eigenvalue weighted by Crippen LogP contribution is 2.40. The monoisotopic (exact) mass is 439 g/mol. The largest absolute Gasteiger partial charge is 0.467 e. The van der Waals surface area contributed by atoms with Crippen LogP contribution in [0.25, 0.3) is 0 Å². The molecule has 2 saturated heterocycles. The molecule has 0 bridgehead atoms. The molecule has 1 atom stereocenters. The number of likely N-dealkylation sites (tertiary alicyclic amines) is 2. The van der Waals surface area contributed by atoms with Gasteiger partial charge in [0.2, 0.25) is 0 Å². The number of amides is 3. The molecule has 2 fully saturated rings. The lowest BCUT2D eigenvalue weighted by atomic mass is 9.78. The van der Waals surface area contributed by atoms with Crippen molar-refractivity contribution in [1.82, 2.24) is 15.1 Å². The van der Waals surface area contributed by atoms with Gasteiger partial charge in [0.25, 0.3) is 5.91 Å². The first-order valence-electron chi connectivity index (χ1n) is 11.3. The highest BCUT2D eigenvalue weighted by atomic mass is 16.5. The van der Waals surface area contributed by atoms with E-state index in [0.29, 0.717) is 32.6 Å². The maximum atomic E-state index is 12.8. The van der Waals surface area contributed by atoms with Gasteiger partial charge in [-0.1, -0.05) is 38.0 Å². The average Bonchev–Trinajstić information content (AvgIpc) is 3.21. The minimum absolute atomic E-state index is 0.0276. The van der Waals surface area contributed by atoms with Crippen LogP contribution in [0, 0.1) is 23.2 Å². The number of urea groups is 1. The maximum absolute atomic E-state index is 12.8. The predicted molar refractivity (Wildman–Crippen MR) is 122 cm³/mol. The number of hydrogen-bond donors (Lipinski definition) is 1. The van der Waals surface area contributed by atoms with Gasteiger partial charge in [-0.25, -0.2) is 9.59 Å². The molecule has 0 saturated carbocycles. The molecule has 0 aliphatic carbocycles. The Bertz CT molecular complexity index is 879. The molecule has 2 aliphatic rings. The molecule has 2 aliphatic heterocycles. The molecule has 3 amide bonds. The Morgan fingerprint density at radius 1 is 1.06 bits per heavy atom. The molecule has 0 aromatic heterocycles. The summed E-state index contributed by atoms with van der Waals surface area (Å²) in [5, 5.41) is 2.85. The van der Waals surface area contributed by atoms with Gasteiger partial charge >= 0.3 is 12.0 Å². The van der Waals surface area contributed by atoms with E-state index in [1.54, 1.807) is 9.80 Å². The maximum Gasteiger partial charge on any atom is 0.328 e. The summed E-state index contributed by atoms with van der Waals surface area (Å²) in [4.78, 5) is 40.9. The minimum Gasteiger partial charge on any atom is -0.467 e. The van der Waals surface area contributed by atoms with E-state index in [4.69, 9.17) is 4.74 Å². The number of piperidine rings is 1. The number of rotatable bonds is 4. The second-order valence-electron chi connectivity index (χ2n) is 9.23. The number of ether oxygens (including phenoxy) is 1. The summed E-state index contributed by atoms with van der Waals surface area (Å²) in [7, 11) is 1.34. The zero-order valence-corrected chi connectivity index (χ0v) is 19.2. The van der Waals surface area contributed by atoms with Gasteiger partial charge in [0.05, 0.1) is 7.11 Å². The van der Waals surface area contributed by atoms with Crippen LogP contribution >= 0.6 is 0 Å². The number of nitrogens with one attached hydrogen (secondary N) is 1. The van der Waals surface area contributed by atoms with Crippen molar-refractivity contribution in [2.75, 3.05) is 33.3 Å². The van der Waals surface area contributed by atoms with Crippen molar-refractivity contribution >= 4 is 17.9 Å². The number of benzene rings is 1. The number of carbonyl (C=O) groups excluding carboxylic acids is 3. The van der Waals surface area contributed by atoms with Crippen LogP contribution in [0.5, 0.6) is 0 Å². The van der Waals surface area contributed by atoms with Crippen LogP contribution in [0.3, 0.4) is 0 Å². The van der Waals surface area contributed by atoms with Gasteiger partial charge in [-0.2, -0.15) is 0 Å². The summed E-state index contributed by atoms with van der Waals surface area (Å²) in [6.07, 6.45) is 3.15. The van der Waals surface area contributed by atoms with Crippen molar-refractivity contribution in [1.29, 1.82) is 0 Å². The van der Waals surface area contributed by atoms with E-state index in [2.05, 4.69) is 17.2 Å². The molecule has 172 valence electrons. The summed E-state index contributed by atoms with van der Waals surface area (Å²) in [6, 6.07) is 8.64. The zero-order chi connectivity index (χ0) is 23.1. The lowest BCUT2D eigenvalue weighted by Crippen LogP contribution is -2.49. The molecule has 1 spiro atoms. The van der Waals surface area contributed by atoms with Crippen molar-refractivity contribution in [2.45, 2.75) is 45.6 Å². The number of esters is 1. The summed E-state index contributed by atoms with van der Waals surface area (Å²) in [5.41, 5.74) is 0.856. The van der Waals surface area contributed by atoms with Crippen LogP contribution in [0.1, 0.15) is 45.1 Å². The molecule has 0 unspecified atom stereocenters. The molecule has 1 N–H and O–H groups in total. The Hall–Kier alpha value is -3.01. The van der Waals surface area contributed by atoms with Crippen molar-refractivity contribution < 1.29 is 19.1 Å². The molecule has 32 heavy (non-hydrogen) atoms. The van der Waals surface area contributed by atoms with Crippen LogP contribution in [0.15, 0.2) is 30.3 Å². The van der Waals surface area contributed by atoms with E-state index >= 15 is 0 Å². The van der Waals surface area contributed by atoms with Gasteiger partial charge in [0, 0.05) is 37.7 Å². The number of carbonyl (C=O) groups is 3. The first-order valence-corrected chi connectivity index (χ1v) is 11.3. The SMILES string of the molecule is COC(=O)[C@H](CC(C)C)NC(=O)N1CCC2(CCN(C(=O)C#Cc3ccccc3)CC2)C1. The molecular weight excluding hydrogens is 406 g/mol. The highest BCUT2D eigenvalue weighted by Gasteiger charge is 2.43. The number of methoxy groups -OCH3 is 1. The van der Waals surface area contributed by atoms with Crippen LogP contribution < -0.4 is 5.32 Å². The van der Waals surface area contributed by atoms with Gasteiger partial charge in [0.1, 0.15) is 6.04 Å². The van der Waals surface area contributed by atoms with Gasteiger partial charge < -0.3 is 19.9 Å². The van der Waals surface area contributed by atoms with E-state index in [9.17, 15) is 14.4 Å². The Labute approximate surface area is 190 Å². The quantitative estimate of drug-likeness (QED) is 0.578. The molecule has 7 nitrogen and oxygen atoms in total. The van der Waals surface area contributed by atoms with Gasteiger partial charge in [0.15, 0.2) is 0 Å². The molecule has 3 rings (SSSR count). The summed E-state index contributed by atoms with van der Waals surface area (Å²) in [5.74, 6) is 5.38. The third-order valence-corrected chi connectivity index (χ3v) is 6.41. The van der Waals surface area contributed by atoms with Crippen molar-refractivity contribution in [3.05, 3.63) is 35.9 Å². The Kier molecular flexibility index (Phi) is 7.79.